The van der Waals surface area contributed by atoms with E-state index < -0.39 is 0 Å². The first-order chi connectivity index (χ1) is 11.5. The summed E-state index contributed by atoms with van der Waals surface area (Å²) in [4.78, 5) is 14.1. The van der Waals surface area contributed by atoms with Gasteiger partial charge in [0.1, 0.15) is 5.82 Å². The Labute approximate surface area is 143 Å². The zero-order valence-electron chi connectivity index (χ0n) is 15.1. The summed E-state index contributed by atoms with van der Waals surface area (Å²) >= 11 is 0. The minimum atomic E-state index is 0.0484. The van der Waals surface area contributed by atoms with E-state index in [1.165, 1.54) is 0 Å². The van der Waals surface area contributed by atoms with E-state index in [4.69, 9.17) is 0 Å². The minimum Gasteiger partial charge on any atom is -0.356 e. The van der Waals surface area contributed by atoms with E-state index in [0.717, 1.165) is 37.7 Å². The second kappa shape index (κ2) is 8.61. The van der Waals surface area contributed by atoms with Crippen molar-refractivity contribution in [3.63, 3.8) is 0 Å². The van der Waals surface area contributed by atoms with Gasteiger partial charge >= 0.3 is 0 Å². The van der Waals surface area contributed by atoms with Crippen molar-refractivity contribution in [2.45, 2.75) is 47.0 Å². The Morgan fingerprint density at radius 2 is 2.00 bits per heavy atom. The molecule has 0 aromatic carbocycles. The van der Waals surface area contributed by atoms with Gasteiger partial charge in [0.05, 0.1) is 0 Å². The molecule has 0 radical (unpaired) electrons. The van der Waals surface area contributed by atoms with E-state index in [-0.39, 0.29) is 5.91 Å². The third-order valence-corrected chi connectivity index (χ3v) is 4.02. The van der Waals surface area contributed by atoms with Gasteiger partial charge in [0.25, 0.3) is 0 Å². The van der Waals surface area contributed by atoms with Gasteiger partial charge in [0.2, 0.25) is 5.91 Å². The van der Waals surface area contributed by atoms with E-state index in [0.29, 0.717) is 24.4 Å². The van der Waals surface area contributed by atoms with Gasteiger partial charge in [0, 0.05) is 32.5 Å². The van der Waals surface area contributed by atoms with Crippen molar-refractivity contribution in [2.24, 2.45) is 5.92 Å². The average Bonchev–Trinajstić information content (AvgIpc) is 2.96. The highest BCUT2D eigenvalue weighted by atomic mass is 16.1. The zero-order valence-corrected chi connectivity index (χ0v) is 15.1. The van der Waals surface area contributed by atoms with Gasteiger partial charge in [-0.05, 0) is 38.3 Å². The highest BCUT2D eigenvalue weighted by molar-refractivity contribution is 5.76. The van der Waals surface area contributed by atoms with Crippen LogP contribution in [0, 0.1) is 5.92 Å². The van der Waals surface area contributed by atoms with Crippen LogP contribution in [0.1, 0.15) is 46.4 Å². The molecule has 0 aliphatic rings. The lowest BCUT2D eigenvalue weighted by molar-refractivity contribution is -0.121. The molecule has 7 heteroatoms. The van der Waals surface area contributed by atoms with Crippen LogP contribution in [-0.4, -0.2) is 45.4 Å². The number of carbonyl (C=O) groups excluding carboxylic acids is 1. The van der Waals surface area contributed by atoms with Gasteiger partial charge in [-0.1, -0.05) is 13.8 Å². The quantitative estimate of drug-likeness (QED) is 0.761. The molecule has 2 aromatic rings. The lowest BCUT2D eigenvalue weighted by atomic mass is 10.1. The van der Waals surface area contributed by atoms with E-state index in [1.54, 1.807) is 4.52 Å². The largest absolute Gasteiger partial charge is 0.356 e. The average molecular weight is 332 g/mol. The molecular weight excluding hydrogens is 304 g/mol. The van der Waals surface area contributed by atoms with Crippen molar-refractivity contribution in [1.82, 2.24) is 25.1 Å². The molecule has 1 N–H and O–H groups in total. The van der Waals surface area contributed by atoms with Crippen molar-refractivity contribution in [1.29, 1.82) is 0 Å². The van der Waals surface area contributed by atoms with Gasteiger partial charge in [-0.2, -0.15) is 4.52 Å². The first kappa shape index (κ1) is 18.2. The molecule has 0 aliphatic carbocycles. The van der Waals surface area contributed by atoms with Crippen LogP contribution in [0.4, 0.5) is 5.82 Å². The maximum atomic E-state index is 11.9. The maximum Gasteiger partial charge on any atom is 0.220 e. The summed E-state index contributed by atoms with van der Waals surface area (Å²) in [6.07, 6.45) is 1.92. The number of nitrogens with zero attached hydrogens (tertiary/aromatic N) is 5. The number of fused-ring (bicyclic) bond motifs is 1. The van der Waals surface area contributed by atoms with Gasteiger partial charge in [-0.15, -0.1) is 15.3 Å². The Kier molecular flexibility index (Phi) is 6.52. The lowest BCUT2D eigenvalue weighted by Crippen LogP contribution is -2.26. The topological polar surface area (TPSA) is 75.4 Å². The van der Waals surface area contributed by atoms with Gasteiger partial charge in [-0.3, -0.25) is 4.79 Å². The molecule has 0 aliphatic heterocycles. The van der Waals surface area contributed by atoms with Gasteiger partial charge in [-0.25, -0.2) is 0 Å². The van der Waals surface area contributed by atoms with Crippen molar-refractivity contribution in [3.8, 4) is 0 Å². The third kappa shape index (κ3) is 4.66. The fourth-order valence-corrected chi connectivity index (χ4v) is 2.51. The SMILES string of the molecule is CCN(CC)c1ccc2nnc(CCC(=O)NCCC(C)C)n2n1. The van der Waals surface area contributed by atoms with Crippen molar-refractivity contribution >= 4 is 17.4 Å². The van der Waals surface area contributed by atoms with Crippen LogP contribution >= 0.6 is 0 Å². The van der Waals surface area contributed by atoms with Crippen LogP contribution in [0.15, 0.2) is 12.1 Å². The molecule has 24 heavy (non-hydrogen) atoms. The molecule has 2 rings (SSSR count). The van der Waals surface area contributed by atoms with E-state index >= 15 is 0 Å². The van der Waals surface area contributed by atoms with E-state index in [1.807, 2.05) is 12.1 Å². The molecule has 0 fully saturated rings. The summed E-state index contributed by atoms with van der Waals surface area (Å²) in [7, 11) is 0. The predicted molar refractivity (Wildman–Crippen MR) is 95.1 cm³/mol. The molecule has 0 atom stereocenters. The highest BCUT2D eigenvalue weighted by Crippen LogP contribution is 2.12. The van der Waals surface area contributed by atoms with Gasteiger partial charge in [0.15, 0.2) is 11.5 Å². The summed E-state index contributed by atoms with van der Waals surface area (Å²) in [5.74, 6) is 2.26. The monoisotopic (exact) mass is 332 g/mol. The summed E-state index contributed by atoms with van der Waals surface area (Å²) < 4.78 is 1.75. The molecule has 0 saturated heterocycles. The number of aromatic nitrogens is 4. The summed E-state index contributed by atoms with van der Waals surface area (Å²) in [5.41, 5.74) is 0.709. The Morgan fingerprint density at radius 1 is 1.25 bits per heavy atom. The standard InChI is InChI=1S/C17H28N6O/c1-5-22(6-2)16-8-7-14-19-20-15(23(14)21-16)9-10-17(24)18-12-11-13(3)4/h7-8,13H,5-6,9-12H2,1-4H3,(H,18,24). The van der Waals surface area contributed by atoms with Crippen LogP contribution in [0.2, 0.25) is 0 Å². The molecule has 1 amide bonds. The molecule has 132 valence electrons. The van der Waals surface area contributed by atoms with Crippen LogP contribution < -0.4 is 10.2 Å². The molecule has 0 spiro atoms. The van der Waals surface area contributed by atoms with Crippen molar-refractivity contribution < 1.29 is 4.79 Å². The Balaban J connectivity index is 2.01. The first-order valence-electron chi connectivity index (χ1n) is 8.78. The molecule has 2 heterocycles. The molecule has 7 nitrogen and oxygen atoms in total. The molecular formula is C17H28N6O. The summed E-state index contributed by atoms with van der Waals surface area (Å²) in [6.45, 7) is 11.0. The number of hydrogen-bond acceptors (Lipinski definition) is 5. The Bertz CT molecular complexity index is 662. The van der Waals surface area contributed by atoms with E-state index in [9.17, 15) is 4.79 Å². The highest BCUT2D eigenvalue weighted by Gasteiger charge is 2.12. The summed E-state index contributed by atoms with van der Waals surface area (Å²) in [5, 5.41) is 15.9. The smallest absolute Gasteiger partial charge is 0.220 e. The van der Waals surface area contributed by atoms with E-state index in [2.05, 4.69) is 53.2 Å². The number of nitrogens with one attached hydrogen (secondary N) is 1. The second-order valence-corrected chi connectivity index (χ2v) is 6.28. The molecule has 2 aromatic heterocycles. The predicted octanol–water partition coefficient (Wildman–Crippen LogP) is 2.07. The number of hydrogen-bond donors (Lipinski definition) is 1. The number of amides is 1. The zero-order chi connectivity index (χ0) is 17.5. The first-order valence-corrected chi connectivity index (χ1v) is 8.78. The normalized spacial score (nSPS) is 11.2. The lowest BCUT2D eigenvalue weighted by Gasteiger charge is -2.19. The Morgan fingerprint density at radius 3 is 2.67 bits per heavy atom. The van der Waals surface area contributed by atoms with Gasteiger partial charge < -0.3 is 10.2 Å². The van der Waals surface area contributed by atoms with Crippen molar-refractivity contribution in [3.05, 3.63) is 18.0 Å². The van der Waals surface area contributed by atoms with Crippen LogP contribution in [0.3, 0.4) is 0 Å². The number of anilines is 1. The third-order valence-electron chi connectivity index (χ3n) is 4.02. The van der Waals surface area contributed by atoms with Crippen LogP contribution in [0.5, 0.6) is 0 Å². The number of rotatable bonds is 9. The van der Waals surface area contributed by atoms with Crippen LogP contribution in [0.25, 0.3) is 5.65 Å². The summed E-state index contributed by atoms with van der Waals surface area (Å²) in [6, 6.07) is 3.87. The minimum absolute atomic E-state index is 0.0484. The van der Waals surface area contributed by atoms with Crippen LogP contribution in [-0.2, 0) is 11.2 Å². The number of carbonyl (C=O) groups is 1. The van der Waals surface area contributed by atoms with Crippen molar-refractivity contribution in [2.75, 3.05) is 24.5 Å². The second-order valence-electron chi connectivity index (χ2n) is 6.28. The molecule has 0 saturated carbocycles. The Hall–Kier alpha value is -2.18. The molecule has 0 bridgehead atoms. The molecule has 0 unspecified atom stereocenters. The number of aryl methyl sites for hydroxylation is 1. The fourth-order valence-electron chi connectivity index (χ4n) is 2.51. The maximum absolute atomic E-state index is 11.9. The fraction of sp³-hybridized carbons (Fsp3) is 0.647.